The molecule has 36 heavy (non-hydrogen) atoms. The van der Waals surface area contributed by atoms with Crippen molar-refractivity contribution in [2.45, 2.75) is 48.9 Å². The Morgan fingerprint density at radius 3 is 2.39 bits per heavy atom. The normalized spacial score (nSPS) is 13.6. The number of amides is 1. The first-order chi connectivity index (χ1) is 17.3. The first-order valence-electron chi connectivity index (χ1n) is 12.1. The molecule has 0 fully saturated rings. The topological polar surface area (TPSA) is 75.7 Å². The van der Waals surface area contributed by atoms with Gasteiger partial charge in [0.2, 0.25) is 5.91 Å². The summed E-state index contributed by atoms with van der Waals surface area (Å²) in [5.41, 5.74) is 4.12. The number of carbonyl (C=O) groups is 1. The minimum Gasteiger partial charge on any atom is -0.494 e. The Morgan fingerprint density at radius 1 is 1.03 bits per heavy atom. The number of carbonyl (C=O) groups excluding carboxylic acids is 1. The largest absolute Gasteiger partial charge is 0.494 e. The second-order valence-corrected chi connectivity index (χ2v) is 11.5. The van der Waals surface area contributed by atoms with Crippen molar-refractivity contribution in [3.8, 4) is 5.75 Å². The van der Waals surface area contributed by atoms with Crippen molar-refractivity contribution < 1.29 is 17.9 Å². The van der Waals surface area contributed by atoms with Gasteiger partial charge in [0.05, 0.1) is 23.2 Å². The molecule has 1 N–H and O–H groups in total. The van der Waals surface area contributed by atoms with Crippen LogP contribution in [0.25, 0.3) is 0 Å². The molecule has 0 bridgehead atoms. The van der Waals surface area contributed by atoms with E-state index in [9.17, 15) is 13.2 Å². The third-order valence-electron chi connectivity index (χ3n) is 6.37. The maximum Gasteiger partial charge on any atom is 0.264 e. The number of ether oxygens (including phenoxy) is 1. The summed E-state index contributed by atoms with van der Waals surface area (Å²) >= 11 is 1.54. The van der Waals surface area contributed by atoms with Crippen molar-refractivity contribution in [1.29, 1.82) is 0 Å². The Bertz CT molecular complexity index is 1310. The lowest BCUT2D eigenvalue weighted by molar-refractivity contribution is -0.120. The molecule has 3 aromatic carbocycles. The van der Waals surface area contributed by atoms with Crippen molar-refractivity contribution >= 4 is 33.4 Å². The summed E-state index contributed by atoms with van der Waals surface area (Å²) < 4.78 is 34.0. The van der Waals surface area contributed by atoms with E-state index in [1.54, 1.807) is 48.5 Å². The highest BCUT2D eigenvalue weighted by Crippen LogP contribution is 2.28. The molecule has 0 heterocycles. The second kappa shape index (κ2) is 11.4. The molecular weight excluding hydrogens is 492 g/mol. The predicted molar refractivity (Wildman–Crippen MR) is 145 cm³/mol. The molecule has 0 radical (unpaired) electrons. The van der Waals surface area contributed by atoms with Crippen molar-refractivity contribution in [2.75, 3.05) is 23.7 Å². The molecule has 1 amide bonds. The van der Waals surface area contributed by atoms with Gasteiger partial charge in [-0.05, 0) is 105 Å². The smallest absolute Gasteiger partial charge is 0.264 e. The first-order valence-corrected chi connectivity index (χ1v) is 14.8. The summed E-state index contributed by atoms with van der Waals surface area (Å²) in [7, 11) is -3.99. The van der Waals surface area contributed by atoms with E-state index in [-0.39, 0.29) is 23.4 Å². The lowest BCUT2D eigenvalue weighted by Crippen LogP contribution is -2.41. The predicted octanol–water partition coefficient (Wildman–Crippen LogP) is 5.37. The number of thioether (sulfide) groups is 1. The zero-order valence-electron chi connectivity index (χ0n) is 20.9. The van der Waals surface area contributed by atoms with Gasteiger partial charge in [0.25, 0.3) is 10.0 Å². The number of hydrogen-bond acceptors (Lipinski definition) is 5. The Kier molecular flexibility index (Phi) is 8.26. The number of benzene rings is 3. The van der Waals surface area contributed by atoms with Crippen LogP contribution in [0.3, 0.4) is 0 Å². The van der Waals surface area contributed by atoms with Crippen LogP contribution in [0.15, 0.2) is 76.5 Å². The van der Waals surface area contributed by atoms with Crippen LogP contribution in [0.4, 0.5) is 5.69 Å². The molecule has 6 nitrogen and oxygen atoms in total. The van der Waals surface area contributed by atoms with E-state index in [0.29, 0.717) is 18.0 Å². The van der Waals surface area contributed by atoms with Crippen molar-refractivity contribution in [3.63, 3.8) is 0 Å². The van der Waals surface area contributed by atoms with E-state index < -0.39 is 10.0 Å². The van der Waals surface area contributed by atoms with E-state index >= 15 is 0 Å². The highest BCUT2D eigenvalue weighted by Gasteiger charge is 2.28. The van der Waals surface area contributed by atoms with E-state index in [1.807, 2.05) is 26.2 Å². The summed E-state index contributed by atoms with van der Waals surface area (Å²) in [5, 5.41) is 2.99. The SMILES string of the molecule is CCOc1ccc(N(CC(=O)N[C@@H](C)c2ccc3c(c2)CCC3)S(=O)(=O)c2ccc(SC)cc2)cc1. The van der Waals surface area contributed by atoms with Gasteiger partial charge < -0.3 is 10.1 Å². The quantitative estimate of drug-likeness (QED) is 0.361. The van der Waals surface area contributed by atoms with E-state index in [4.69, 9.17) is 4.74 Å². The number of anilines is 1. The molecule has 0 saturated carbocycles. The average molecular weight is 525 g/mol. The van der Waals surface area contributed by atoms with Crippen LogP contribution in [-0.4, -0.2) is 33.7 Å². The zero-order chi connectivity index (χ0) is 25.7. The average Bonchev–Trinajstić information content (AvgIpc) is 3.36. The van der Waals surface area contributed by atoms with Crippen LogP contribution in [0.2, 0.25) is 0 Å². The Hall–Kier alpha value is -2.97. The fourth-order valence-corrected chi connectivity index (χ4v) is 6.26. The second-order valence-electron chi connectivity index (χ2n) is 8.79. The highest BCUT2D eigenvalue weighted by atomic mass is 32.2. The van der Waals surface area contributed by atoms with Crippen LogP contribution < -0.4 is 14.4 Å². The van der Waals surface area contributed by atoms with Crippen LogP contribution in [0, 0.1) is 0 Å². The van der Waals surface area contributed by atoms with Gasteiger partial charge in [0.1, 0.15) is 12.3 Å². The number of sulfonamides is 1. The maximum atomic E-state index is 13.7. The number of aryl methyl sites for hydroxylation is 2. The van der Waals surface area contributed by atoms with Crippen LogP contribution in [-0.2, 0) is 27.7 Å². The third kappa shape index (κ3) is 5.87. The molecule has 1 atom stereocenters. The summed E-state index contributed by atoms with van der Waals surface area (Å²) in [6.45, 7) is 3.98. The molecule has 0 aromatic heterocycles. The van der Waals surface area contributed by atoms with Gasteiger partial charge in [-0.1, -0.05) is 18.2 Å². The van der Waals surface area contributed by atoms with Crippen LogP contribution >= 0.6 is 11.8 Å². The Balaban J connectivity index is 1.58. The lowest BCUT2D eigenvalue weighted by Gasteiger charge is -2.25. The molecule has 4 rings (SSSR count). The monoisotopic (exact) mass is 524 g/mol. The molecule has 0 spiro atoms. The Morgan fingerprint density at radius 2 is 1.72 bits per heavy atom. The van der Waals surface area contributed by atoms with Crippen molar-refractivity contribution in [2.24, 2.45) is 0 Å². The van der Waals surface area contributed by atoms with Crippen molar-refractivity contribution in [1.82, 2.24) is 5.32 Å². The van der Waals surface area contributed by atoms with Gasteiger partial charge >= 0.3 is 0 Å². The van der Waals surface area contributed by atoms with Gasteiger partial charge in [-0.2, -0.15) is 0 Å². The van der Waals surface area contributed by atoms with Gasteiger partial charge in [-0.25, -0.2) is 8.42 Å². The first kappa shape index (κ1) is 26.1. The number of rotatable bonds is 10. The van der Waals surface area contributed by atoms with E-state index in [1.165, 1.54) is 22.9 Å². The molecule has 0 aliphatic heterocycles. The fraction of sp³-hybridized carbons (Fsp3) is 0.321. The van der Waals surface area contributed by atoms with E-state index in [0.717, 1.165) is 34.0 Å². The molecule has 8 heteroatoms. The minimum atomic E-state index is -3.99. The molecule has 190 valence electrons. The summed E-state index contributed by atoms with van der Waals surface area (Å²) in [6, 6.07) is 19.5. The Labute approximate surface area is 218 Å². The number of fused-ring (bicyclic) bond motifs is 1. The summed E-state index contributed by atoms with van der Waals surface area (Å²) in [4.78, 5) is 14.2. The maximum absolute atomic E-state index is 13.7. The van der Waals surface area contributed by atoms with Crippen LogP contribution in [0.1, 0.15) is 43.0 Å². The summed E-state index contributed by atoms with van der Waals surface area (Å²) in [6.07, 6.45) is 5.25. The molecule has 0 unspecified atom stereocenters. The number of nitrogens with zero attached hydrogens (tertiary/aromatic N) is 1. The van der Waals surface area contributed by atoms with E-state index in [2.05, 4.69) is 17.4 Å². The van der Waals surface area contributed by atoms with Gasteiger partial charge in [0.15, 0.2) is 0 Å². The van der Waals surface area contributed by atoms with Gasteiger partial charge in [-0.15, -0.1) is 11.8 Å². The number of hydrogen-bond donors (Lipinski definition) is 1. The molecular formula is C28H32N2O4S2. The molecule has 1 aliphatic rings. The highest BCUT2D eigenvalue weighted by molar-refractivity contribution is 7.98. The van der Waals surface area contributed by atoms with Crippen LogP contribution in [0.5, 0.6) is 5.75 Å². The molecule has 0 saturated heterocycles. The zero-order valence-corrected chi connectivity index (χ0v) is 22.5. The van der Waals surface area contributed by atoms with Crippen molar-refractivity contribution in [3.05, 3.63) is 83.4 Å². The third-order valence-corrected chi connectivity index (χ3v) is 8.90. The minimum absolute atomic E-state index is 0.133. The molecule has 3 aromatic rings. The lowest BCUT2D eigenvalue weighted by atomic mass is 10.0. The standard InChI is InChI=1S/C28H32N2O4S2/c1-4-34-25-12-10-24(11-13-25)30(36(32,33)27-16-14-26(35-3)15-17-27)19-28(31)29-20(2)22-9-8-21-6-5-7-23(21)18-22/h8-18,20H,4-7,19H2,1-3H3,(H,29,31)/t20-/m0/s1. The number of nitrogens with one attached hydrogen (secondary N) is 1. The summed E-state index contributed by atoms with van der Waals surface area (Å²) in [5.74, 6) is 0.263. The molecule has 1 aliphatic carbocycles. The fourth-order valence-electron chi connectivity index (χ4n) is 4.43. The van der Waals surface area contributed by atoms with Gasteiger partial charge in [0, 0.05) is 4.90 Å². The van der Waals surface area contributed by atoms with Gasteiger partial charge in [-0.3, -0.25) is 9.10 Å².